The van der Waals surface area contributed by atoms with Gasteiger partial charge in [-0.15, -0.1) is 0 Å². The van der Waals surface area contributed by atoms with Crippen LogP contribution in [0.2, 0.25) is 0 Å². The summed E-state index contributed by atoms with van der Waals surface area (Å²) in [6, 6.07) is 19.8. The maximum atomic E-state index is 15.2. The minimum atomic E-state index is -0.651. The van der Waals surface area contributed by atoms with Crippen LogP contribution in [0.1, 0.15) is 34.8 Å². The molecule has 1 aromatic heterocycles. The van der Waals surface area contributed by atoms with Gasteiger partial charge in [-0.3, -0.25) is 9.59 Å². The predicted octanol–water partition coefficient (Wildman–Crippen LogP) is 4.87. The Bertz CT molecular complexity index is 1610. The molecule has 0 unspecified atom stereocenters. The van der Waals surface area contributed by atoms with E-state index in [1.807, 2.05) is 58.0 Å². The van der Waals surface area contributed by atoms with Crippen molar-refractivity contribution in [1.29, 1.82) is 0 Å². The number of anilines is 1. The van der Waals surface area contributed by atoms with Gasteiger partial charge < -0.3 is 18.9 Å². The zero-order valence-electron chi connectivity index (χ0n) is 21.2. The van der Waals surface area contributed by atoms with E-state index in [1.54, 1.807) is 18.3 Å². The fourth-order valence-corrected chi connectivity index (χ4v) is 4.73. The number of nitrogens with one attached hydrogen (secondary N) is 1. The smallest absolute Gasteiger partial charge is 0.276 e. The van der Waals surface area contributed by atoms with E-state index >= 15 is 4.39 Å². The molecular weight excluding hydrogens is 499 g/mol. The van der Waals surface area contributed by atoms with Crippen LogP contribution in [0.3, 0.4) is 0 Å². The van der Waals surface area contributed by atoms with Gasteiger partial charge in [0.15, 0.2) is 0 Å². The molecule has 39 heavy (non-hydrogen) atoms. The molecule has 2 heterocycles. The number of para-hydroxylation sites is 1. The quantitative estimate of drug-likeness (QED) is 0.274. The number of halogens is 1. The molecule has 0 atom stereocenters. The van der Waals surface area contributed by atoms with Gasteiger partial charge in [-0.05, 0) is 54.8 Å². The van der Waals surface area contributed by atoms with Crippen LogP contribution in [0.25, 0.3) is 10.9 Å². The SMILES string of the molecule is O=C(N/N=C\c1cccc(Oc2ccccc2)c1)c1cn(C2CC2)c2cc(N3CCOCC3)c(F)cc2c1=O. The third-order valence-electron chi connectivity index (χ3n) is 6.85. The minimum absolute atomic E-state index is 0.0776. The summed E-state index contributed by atoms with van der Waals surface area (Å²) >= 11 is 0. The molecule has 0 spiro atoms. The lowest BCUT2D eigenvalue weighted by Gasteiger charge is -2.29. The van der Waals surface area contributed by atoms with Crippen LogP contribution in [0.15, 0.2) is 82.8 Å². The van der Waals surface area contributed by atoms with Crippen LogP contribution in [0.5, 0.6) is 11.5 Å². The molecule has 0 radical (unpaired) electrons. The van der Waals surface area contributed by atoms with E-state index < -0.39 is 17.2 Å². The lowest BCUT2D eigenvalue weighted by atomic mass is 10.1. The van der Waals surface area contributed by atoms with Gasteiger partial charge in [-0.1, -0.05) is 30.3 Å². The summed E-state index contributed by atoms with van der Waals surface area (Å²) in [5, 5.41) is 4.23. The highest BCUT2D eigenvalue weighted by atomic mass is 19.1. The number of hydrogen-bond donors (Lipinski definition) is 1. The third kappa shape index (κ3) is 5.39. The van der Waals surface area contributed by atoms with Crippen LogP contribution >= 0.6 is 0 Å². The van der Waals surface area contributed by atoms with E-state index in [4.69, 9.17) is 9.47 Å². The normalized spacial score (nSPS) is 15.6. The van der Waals surface area contributed by atoms with Crippen molar-refractivity contribution in [2.75, 3.05) is 31.2 Å². The highest BCUT2D eigenvalue weighted by Gasteiger charge is 2.28. The zero-order valence-corrected chi connectivity index (χ0v) is 21.2. The number of benzene rings is 3. The number of fused-ring (bicyclic) bond motifs is 1. The Morgan fingerprint density at radius 3 is 2.56 bits per heavy atom. The van der Waals surface area contributed by atoms with Crippen LogP contribution in [0, 0.1) is 5.82 Å². The predicted molar refractivity (Wildman–Crippen MR) is 147 cm³/mol. The van der Waals surface area contributed by atoms with E-state index in [-0.39, 0.29) is 17.0 Å². The van der Waals surface area contributed by atoms with Gasteiger partial charge in [-0.2, -0.15) is 5.10 Å². The molecule has 6 rings (SSSR count). The van der Waals surface area contributed by atoms with Gasteiger partial charge in [-0.25, -0.2) is 9.82 Å². The van der Waals surface area contributed by atoms with Gasteiger partial charge >= 0.3 is 0 Å². The number of aromatic nitrogens is 1. The van der Waals surface area contributed by atoms with E-state index in [9.17, 15) is 9.59 Å². The molecule has 198 valence electrons. The van der Waals surface area contributed by atoms with Crippen molar-refractivity contribution in [1.82, 2.24) is 9.99 Å². The Kier molecular flexibility index (Phi) is 6.81. The van der Waals surface area contributed by atoms with Crippen molar-refractivity contribution in [3.63, 3.8) is 0 Å². The van der Waals surface area contributed by atoms with Crippen LogP contribution < -0.4 is 20.5 Å². The molecule has 3 aromatic carbocycles. The highest BCUT2D eigenvalue weighted by Crippen LogP contribution is 2.38. The number of pyridine rings is 1. The number of rotatable bonds is 7. The number of carbonyl (C=O) groups excluding carboxylic acids is 1. The van der Waals surface area contributed by atoms with Crippen molar-refractivity contribution in [2.24, 2.45) is 5.10 Å². The lowest BCUT2D eigenvalue weighted by molar-refractivity contribution is 0.0953. The first-order chi connectivity index (χ1) is 19.1. The van der Waals surface area contributed by atoms with Crippen LogP contribution in [0.4, 0.5) is 10.1 Å². The van der Waals surface area contributed by atoms with E-state index in [1.165, 1.54) is 12.3 Å². The zero-order chi connectivity index (χ0) is 26.8. The van der Waals surface area contributed by atoms with Gasteiger partial charge in [0.05, 0.1) is 30.6 Å². The Morgan fingerprint density at radius 2 is 1.79 bits per heavy atom. The van der Waals surface area contributed by atoms with Crippen molar-refractivity contribution in [3.8, 4) is 11.5 Å². The molecule has 1 aliphatic carbocycles. The molecule has 1 amide bonds. The molecule has 1 saturated heterocycles. The summed E-state index contributed by atoms with van der Waals surface area (Å²) in [7, 11) is 0. The first-order valence-electron chi connectivity index (χ1n) is 12.9. The standard InChI is InChI=1S/C30H27FN4O4/c31-26-16-24-27(17-28(26)34-11-13-38-14-12-34)35(21-9-10-21)19-25(29(24)36)30(37)33-32-18-20-5-4-8-23(15-20)39-22-6-2-1-3-7-22/h1-8,15-19,21H,9-14H2,(H,33,37)/b32-18-. The summed E-state index contributed by atoms with van der Waals surface area (Å²) in [5.74, 6) is 0.187. The summed E-state index contributed by atoms with van der Waals surface area (Å²) < 4.78 is 28.3. The molecule has 8 nitrogen and oxygen atoms in total. The van der Waals surface area contributed by atoms with E-state index in [0.717, 1.165) is 12.8 Å². The molecule has 1 saturated carbocycles. The molecule has 1 N–H and O–H groups in total. The maximum absolute atomic E-state index is 15.2. The molecule has 4 aromatic rings. The van der Waals surface area contributed by atoms with Crippen LogP contribution in [-0.4, -0.2) is 43.0 Å². The number of nitrogens with zero attached hydrogens (tertiary/aromatic N) is 3. The number of morpholine rings is 1. The summed E-state index contributed by atoms with van der Waals surface area (Å²) in [4.78, 5) is 28.3. The molecule has 1 aliphatic heterocycles. The molecule has 0 bridgehead atoms. The fourth-order valence-electron chi connectivity index (χ4n) is 4.73. The second kappa shape index (κ2) is 10.7. The van der Waals surface area contributed by atoms with Crippen molar-refractivity contribution in [3.05, 3.63) is 100 Å². The molecule has 2 aliphatic rings. The largest absolute Gasteiger partial charge is 0.457 e. The number of amides is 1. The molecule has 9 heteroatoms. The number of hydrogen-bond acceptors (Lipinski definition) is 6. The fraction of sp³-hybridized carbons (Fsp3) is 0.233. The topological polar surface area (TPSA) is 85.2 Å². The van der Waals surface area contributed by atoms with Crippen molar-refractivity contribution >= 4 is 28.7 Å². The third-order valence-corrected chi connectivity index (χ3v) is 6.85. The number of ether oxygens (including phenoxy) is 2. The average Bonchev–Trinajstić information content (AvgIpc) is 3.80. The second-order valence-corrected chi connectivity index (χ2v) is 9.62. The first-order valence-corrected chi connectivity index (χ1v) is 12.9. The van der Waals surface area contributed by atoms with Gasteiger partial charge in [0.1, 0.15) is 22.9 Å². The number of carbonyl (C=O) groups is 1. The maximum Gasteiger partial charge on any atom is 0.276 e. The Hall–Kier alpha value is -4.50. The van der Waals surface area contributed by atoms with E-state index in [0.29, 0.717) is 54.6 Å². The monoisotopic (exact) mass is 526 g/mol. The summed E-state index contributed by atoms with van der Waals surface area (Å²) in [5.41, 5.74) is 3.62. The van der Waals surface area contributed by atoms with E-state index in [2.05, 4.69) is 10.5 Å². The second-order valence-electron chi connectivity index (χ2n) is 9.62. The number of hydrazone groups is 1. The van der Waals surface area contributed by atoms with Crippen molar-refractivity contribution in [2.45, 2.75) is 18.9 Å². The lowest BCUT2D eigenvalue weighted by Crippen LogP contribution is -2.37. The van der Waals surface area contributed by atoms with Crippen LogP contribution in [-0.2, 0) is 4.74 Å². The molecule has 2 fully saturated rings. The van der Waals surface area contributed by atoms with Gasteiger partial charge in [0, 0.05) is 30.7 Å². The Morgan fingerprint density at radius 1 is 1.03 bits per heavy atom. The van der Waals surface area contributed by atoms with Gasteiger partial charge in [0.2, 0.25) is 5.43 Å². The first kappa shape index (κ1) is 24.8. The Labute approximate surface area is 224 Å². The Balaban J connectivity index is 1.24. The summed E-state index contributed by atoms with van der Waals surface area (Å²) in [6.07, 6.45) is 4.92. The molecular formula is C30H27FN4O4. The van der Waals surface area contributed by atoms with Crippen molar-refractivity contribution < 1.29 is 18.7 Å². The summed E-state index contributed by atoms with van der Waals surface area (Å²) in [6.45, 7) is 2.21. The average molecular weight is 527 g/mol. The highest BCUT2D eigenvalue weighted by molar-refractivity contribution is 5.98. The van der Waals surface area contributed by atoms with Gasteiger partial charge in [0.25, 0.3) is 5.91 Å². The minimum Gasteiger partial charge on any atom is -0.457 e.